The van der Waals surface area contributed by atoms with Gasteiger partial charge in [0.25, 0.3) is 0 Å². The molecule has 10 heteroatoms. The predicted octanol–water partition coefficient (Wildman–Crippen LogP) is 3.43. The number of carbonyl (C=O) groups excluding carboxylic acids is 1. The van der Waals surface area contributed by atoms with E-state index in [4.69, 9.17) is 4.55 Å². The van der Waals surface area contributed by atoms with Gasteiger partial charge in [0, 0.05) is 5.41 Å². The third kappa shape index (κ3) is 2.65. The minimum absolute atomic E-state index is 0.0217. The number of rotatable bonds is 4. The van der Waals surface area contributed by atoms with E-state index in [1.165, 1.54) is 0 Å². The SMILES string of the molecule is O=C(C(C(F)(F)F)C(F)(F)S(=O)(=O)O)C12CC3CC(CC(C3)C1)C2. The van der Waals surface area contributed by atoms with Crippen LogP contribution in [-0.4, -0.2) is 30.2 Å². The normalized spacial score (nSPS) is 37.5. The molecule has 138 valence electrons. The third-order valence-electron chi connectivity index (χ3n) is 5.83. The molecule has 1 atom stereocenters. The van der Waals surface area contributed by atoms with Gasteiger partial charge in [-0.05, 0) is 56.3 Å². The summed E-state index contributed by atoms with van der Waals surface area (Å²) < 4.78 is 97.5. The van der Waals surface area contributed by atoms with Gasteiger partial charge in [0.15, 0.2) is 11.7 Å². The lowest BCUT2D eigenvalue weighted by atomic mass is 9.47. The number of Topliss-reactive ketones (excluding diaryl/α,β-unsaturated/α-hetero) is 1. The molecule has 0 aromatic heterocycles. The lowest BCUT2D eigenvalue weighted by Gasteiger charge is -2.56. The first kappa shape index (κ1) is 18.0. The quantitative estimate of drug-likeness (QED) is 0.603. The molecule has 0 saturated heterocycles. The van der Waals surface area contributed by atoms with E-state index in [2.05, 4.69) is 0 Å². The van der Waals surface area contributed by atoms with Crippen LogP contribution in [0.3, 0.4) is 0 Å². The van der Waals surface area contributed by atoms with E-state index in [0.29, 0.717) is 0 Å². The van der Waals surface area contributed by atoms with Crippen molar-refractivity contribution in [3.63, 3.8) is 0 Å². The largest absolute Gasteiger partial charge is 0.405 e. The Kier molecular flexibility index (Phi) is 3.85. The minimum atomic E-state index is -6.38. The van der Waals surface area contributed by atoms with E-state index < -0.39 is 38.7 Å². The van der Waals surface area contributed by atoms with E-state index >= 15 is 0 Å². The van der Waals surface area contributed by atoms with Crippen molar-refractivity contribution >= 4 is 15.9 Å². The number of carbonyl (C=O) groups is 1. The van der Waals surface area contributed by atoms with Crippen molar-refractivity contribution in [2.45, 2.75) is 50.0 Å². The number of halogens is 5. The maximum Gasteiger partial charge on any atom is 0.405 e. The second kappa shape index (κ2) is 5.12. The standard InChI is InChI=1S/C14H17F5O4S/c15-13(16,17)10(14(18,19)24(21,22)23)11(20)12-4-7-1-8(5-12)3-9(2-7)6-12/h7-10H,1-6H2,(H,21,22,23). The molecule has 0 aromatic rings. The highest BCUT2D eigenvalue weighted by Gasteiger charge is 2.70. The van der Waals surface area contributed by atoms with Crippen molar-refractivity contribution in [3.8, 4) is 0 Å². The lowest BCUT2D eigenvalue weighted by molar-refractivity contribution is -0.225. The molecule has 24 heavy (non-hydrogen) atoms. The van der Waals surface area contributed by atoms with Crippen molar-refractivity contribution in [2.75, 3.05) is 0 Å². The van der Waals surface area contributed by atoms with Gasteiger partial charge in [-0.3, -0.25) is 9.35 Å². The van der Waals surface area contributed by atoms with Crippen molar-refractivity contribution < 1.29 is 39.7 Å². The summed E-state index contributed by atoms with van der Waals surface area (Å²) in [6, 6.07) is 0. The van der Waals surface area contributed by atoms with E-state index in [0.717, 1.165) is 19.3 Å². The number of hydrogen-bond acceptors (Lipinski definition) is 3. The van der Waals surface area contributed by atoms with Crippen LogP contribution in [-0.2, 0) is 14.9 Å². The molecule has 0 amide bonds. The summed E-state index contributed by atoms with van der Waals surface area (Å²) in [6.07, 6.45) is -3.17. The van der Waals surface area contributed by atoms with Crippen LogP contribution in [0.15, 0.2) is 0 Å². The average molecular weight is 376 g/mol. The Balaban J connectivity index is 2.02. The molecule has 0 aromatic carbocycles. The van der Waals surface area contributed by atoms with E-state index in [1.807, 2.05) is 0 Å². The van der Waals surface area contributed by atoms with Gasteiger partial charge in [0.1, 0.15) is 0 Å². The Morgan fingerprint density at radius 1 is 0.958 bits per heavy atom. The summed E-state index contributed by atoms with van der Waals surface area (Å²) in [5, 5.41) is -5.59. The fourth-order valence-electron chi connectivity index (χ4n) is 5.36. The maximum atomic E-state index is 13.8. The van der Waals surface area contributed by atoms with Gasteiger partial charge in [-0.2, -0.15) is 30.4 Å². The summed E-state index contributed by atoms with van der Waals surface area (Å²) in [7, 11) is -6.38. The van der Waals surface area contributed by atoms with Gasteiger partial charge in [0.05, 0.1) is 0 Å². The third-order valence-corrected chi connectivity index (χ3v) is 6.75. The van der Waals surface area contributed by atoms with Crippen molar-refractivity contribution in [1.82, 2.24) is 0 Å². The first-order chi connectivity index (χ1) is 10.8. The van der Waals surface area contributed by atoms with Crippen LogP contribution in [0.1, 0.15) is 38.5 Å². The Bertz CT molecular complexity index is 619. The molecule has 0 radical (unpaired) electrons. The monoisotopic (exact) mass is 376 g/mol. The molecule has 0 heterocycles. The Morgan fingerprint density at radius 2 is 1.33 bits per heavy atom. The van der Waals surface area contributed by atoms with Crippen LogP contribution in [0.4, 0.5) is 22.0 Å². The number of hydrogen-bond donors (Lipinski definition) is 1. The molecule has 0 spiro atoms. The molecule has 4 aliphatic carbocycles. The van der Waals surface area contributed by atoms with Gasteiger partial charge in [-0.25, -0.2) is 0 Å². The lowest BCUT2D eigenvalue weighted by Crippen LogP contribution is -2.58. The first-order valence-electron chi connectivity index (χ1n) is 7.72. The molecule has 4 saturated carbocycles. The fraction of sp³-hybridized carbons (Fsp3) is 0.929. The Morgan fingerprint density at radius 3 is 1.62 bits per heavy atom. The van der Waals surface area contributed by atoms with Gasteiger partial charge >= 0.3 is 21.5 Å². The van der Waals surface area contributed by atoms with Crippen LogP contribution >= 0.6 is 0 Å². The highest BCUT2D eigenvalue weighted by molar-refractivity contribution is 7.86. The molecule has 4 rings (SSSR count). The van der Waals surface area contributed by atoms with Crippen molar-refractivity contribution in [3.05, 3.63) is 0 Å². The van der Waals surface area contributed by atoms with Gasteiger partial charge in [0.2, 0.25) is 0 Å². The Labute approximate surface area is 135 Å². The predicted molar refractivity (Wildman–Crippen MR) is 71.7 cm³/mol. The van der Waals surface area contributed by atoms with Crippen LogP contribution in [0, 0.1) is 29.1 Å². The van der Waals surface area contributed by atoms with Crippen LogP contribution < -0.4 is 0 Å². The van der Waals surface area contributed by atoms with E-state index in [-0.39, 0.29) is 37.0 Å². The molecule has 4 bridgehead atoms. The summed E-state index contributed by atoms with van der Waals surface area (Å²) in [5.41, 5.74) is -1.55. The van der Waals surface area contributed by atoms with Crippen molar-refractivity contribution in [1.29, 1.82) is 0 Å². The number of ketones is 1. The summed E-state index contributed by atoms with van der Waals surface area (Å²) in [6.45, 7) is 0. The zero-order valence-corrected chi connectivity index (χ0v) is 13.3. The van der Waals surface area contributed by atoms with Crippen LogP contribution in [0.25, 0.3) is 0 Å². The molecule has 4 fully saturated rings. The topological polar surface area (TPSA) is 71.4 Å². The second-order valence-corrected chi connectivity index (χ2v) is 9.07. The van der Waals surface area contributed by atoms with Gasteiger partial charge in [-0.15, -0.1) is 0 Å². The van der Waals surface area contributed by atoms with Gasteiger partial charge < -0.3 is 0 Å². The zero-order chi connectivity index (χ0) is 18.1. The maximum absolute atomic E-state index is 13.8. The molecular formula is C14H17F5O4S. The molecule has 0 aliphatic heterocycles. The number of alkyl halides is 5. The molecule has 4 aliphatic rings. The minimum Gasteiger partial charge on any atom is -0.298 e. The van der Waals surface area contributed by atoms with Crippen LogP contribution in [0.2, 0.25) is 0 Å². The second-order valence-electron chi connectivity index (χ2n) is 7.57. The summed E-state index contributed by atoms with van der Waals surface area (Å²) in [5.74, 6) is -5.75. The Hall–Kier alpha value is -0.770. The zero-order valence-electron chi connectivity index (χ0n) is 12.5. The summed E-state index contributed by atoms with van der Waals surface area (Å²) >= 11 is 0. The first-order valence-corrected chi connectivity index (χ1v) is 9.16. The smallest absolute Gasteiger partial charge is 0.298 e. The van der Waals surface area contributed by atoms with Crippen LogP contribution in [0.5, 0.6) is 0 Å². The van der Waals surface area contributed by atoms with Gasteiger partial charge in [-0.1, -0.05) is 0 Å². The van der Waals surface area contributed by atoms with Crippen molar-refractivity contribution in [2.24, 2.45) is 29.1 Å². The van der Waals surface area contributed by atoms with E-state index in [1.54, 1.807) is 0 Å². The molecular weight excluding hydrogens is 359 g/mol. The highest BCUT2D eigenvalue weighted by Crippen LogP contribution is 2.62. The van der Waals surface area contributed by atoms with E-state index in [9.17, 15) is 35.2 Å². The average Bonchev–Trinajstić information content (AvgIpc) is 2.33. The molecule has 1 N–H and O–H groups in total. The highest BCUT2D eigenvalue weighted by atomic mass is 32.2. The summed E-state index contributed by atoms with van der Waals surface area (Å²) in [4.78, 5) is 12.6. The molecule has 1 unspecified atom stereocenters. The fourth-order valence-corrected chi connectivity index (χ4v) is 5.90. The molecule has 4 nitrogen and oxygen atoms in total.